The Hall–Kier alpha value is -2.50. The first-order valence-electron chi connectivity index (χ1n) is 9.67. The minimum Gasteiger partial charge on any atom is -0.497 e. The number of carbonyl (C=O) groups excluding carboxylic acids is 1. The van der Waals surface area contributed by atoms with Gasteiger partial charge in [0.2, 0.25) is 5.91 Å². The van der Waals surface area contributed by atoms with E-state index in [2.05, 4.69) is 11.0 Å². The number of amides is 1. The first-order chi connectivity index (χ1) is 13.1. The molecule has 0 unspecified atom stereocenters. The molecule has 144 valence electrons. The fourth-order valence-corrected chi connectivity index (χ4v) is 4.87. The summed E-state index contributed by atoms with van der Waals surface area (Å²) in [7, 11) is 1.65. The monoisotopic (exact) mass is 370 g/mol. The number of ether oxygens (including phenoxy) is 1. The Bertz CT molecular complexity index is 754. The van der Waals surface area contributed by atoms with E-state index in [1.165, 1.54) is 0 Å². The summed E-state index contributed by atoms with van der Waals surface area (Å²) in [6.45, 7) is 2.74. The fourth-order valence-electron chi connectivity index (χ4n) is 4.87. The van der Waals surface area contributed by atoms with Crippen LogP contribution in [0.25, 0.3) is 0 Å². The largest absolute Gasteiger partial charge is 0.497 e. The Morgan fingerprint density at radius 1 is 1.04 bits per heavy atom. The molecule has 4 atom stereocenters. The second-order valence-electron chi connectivity index (χ2n) is 7.69. The van der Waals surface area contributed by atoms with E-state index < -0.39 is 17.8 Å². The molecule has 0 spiro atoms. The van der Waals surface area contributed by atoms with Crippen molar-refractivity contribution in [1.29, 1.82) is 0 Å². The van der Waals surface area contributed by atoms with Gasteiger partial charge in [0.1, 0.15) is 5.75 Å². The third kappa shape index (κ3) is 3.29. The maximum atomic E-state index is 13.2. The number of methoxy groups -OCH3 is 1. The molecule has 1 aliphatic heterocycles. The zero-order chi connectivity index (χ0) is 19.0. The molecule has 6 nitrogen and oxygen atoms in total. The second kappa shape index (κ2) is 7.25. The van der Waals surface area contributed by atoms with Gasteiger partial charge < -0.3 is 19.6 Å². The summed E-state index contributed by atoms with van der Waals surface area (Å²) in [5.41, 5.74) is 1.09. The van der Waals surface area contributed by atoms with Crippen LogP contribution >= 0.6 is 0 Å². The van der Waals surface area contributed by atoms with Gasteiger partial charge in [-0.05, 0) is 36.8 Å². The van der Waals surface area contributed by atoms with Crippen molar-refractivity contribution in [3.63, 3.8) is 0 Å². The van der Waals surface area contributed by atoms with Crippen LogP contribution in [0.4, 0.5) is 5.69 Å². The van der Waals surface area contributed by atoms with Gasteiger partial charge in [-0.15, -0.1) is 0 Å². The van der Waals surface area contributed by atoms with Crippen molar-refractivity contribution in [2.45, 2.75) is 12.8 Å². The normalized spacial score (nSPS) is 29.7. The number of piperazine rings is 1. The first-order valence-corrected chi connectivity index (χ1v) is 9.67. The third-order valence-corrected chi connectivity index (χ3v) is 6.33. The summed E-state index contributed by atoms with van der Waals surface area (Å²) >= 11 is 0. The molecule has 0 aromatic heterocycles. The van der Waals surface area contributed by atoms with E-state index >= 15 is 0 Å². The molecule has 2 fully saturated rings. The molecule has 1 aromatic carbocycles. The zero-order valence-electron chi connectivity index (χ0n) is 15.6. The highest BCUT2D eigenvalue weighted by Crippen LogP contribution is 2.45. The summed E-state index contributed by atoms with van der Waals surface area (Å²) in [6, 6.07) is 7.93. The van der Waals surface area contributed by atoms with E-state index in [9.17, 15) is 14.7 Å². The molecule has 1 saturated carbocycles. The van der Waals surface area contributed by atoms with Crippen LogP contribution in [0.5, 0.6) is 5.75 Å². The number of nitrogens with zero attached hydrogens (tertiary/aromatic N) is 2. The lowest BCUT2D eigenvalue weighted by Gasteiger charge is -2.45. The number of allylic oxidation sites excluding steroid dienone is 2. The molecule has 1 saturated heterocycles. The molecule has 3 aliphatic carbocycles. The number of fused-ring (bicyclic) bond motifs is 2. The quantitative estimate of drug-likeness (QED) is 0.824. The third-order valence-electron chi connectivity index (χ3n) is 6.33. The number of hydrogen-bond donors (Lipinski definition) is 1. The maximum Gasteiger partial charge on any atom is 0.307 e. The van der Waals surface area contributed by atoms with E-state index in [0.717, 1.165) is 37.4 Å². The number of carboxylic acid groups (broad SMARTS) is 1. The van der Waals surface area contributed by atoms with Crippen LogP contribution in [-0.2, 0) is 9.59 Å². The number of hydrogen-bond acceptors (Lipinski definition) is 4. The van der Waals surface area contributed by atoms with Crippen molar-refractivity contribution in [2.24, 2.45) is 23.7 Å². The molecule has 6 heteroatoms. The molecule has 1 N–H and O–H groups in total. The van der Waals surface area contributed by atoms with E-state index in [0.29, 0.717) is 13.1 Å². The van der Waals surface area contributed by atoms with Crippen molar-refractivity contribution in [1.82, 2.24) is 4.90 Å². The van der Waals surface area contributed by atoms with Gasteiger partial charge in [0, 0.05) is 37.9 Å². The molecule has 0 radical (unpaired) electrons. The number of benzene rings is 1. The zero-order valence-corrected chi connectivity index (χ0v) is 15.6. The molecule has 1 amide bonds. The summed E-state index contributed by atoms with van der Waals surface area (Å²) in [5, 5.41) is 9.69. The number of carboxylic acids is 1. The highest BCUT2D eigenvalue weighted by atomic mass is 16.5. The lowest BCUT2D eigenvalue weighted by Crippen LogP contribution is -2.55. The van der Waals surface area contributed by atoms with Crippen molar-refractivity contribution >= 4 is 17.6 Å². The number of aliphatic carboxylic acids is 1. The fraction of sp³-hybridized carbons (Fsp3) is 0.524. The first kappa shape index (κ1) is 17.9. The molecule has 1 heterocycles. The molecular weight excluding hydrogens is 344 g/mol. The Balaban J connectivity index is 1.44. The smallest absolute Gasteiger partial charge is 0.307 e. The Labute approximate surface area is 159 Å². The van der Waals surface area contributed by atoms with Gasteiger partial charge in [0.05, 0.1) is 18.9 Å². The van der Waals surface area contributed by atoms with Gasteiger partial charge in [0.15, 0.2) is 0 Å². The van der Waals surface area contributed by atoms with Crippen molar-refractivity contribution in [3.05, 3.63) is 36.4 Å². The van der Waals surface area contributed by atoms with Gasteiger partial charge in [-0.2, -0.15) is 0 Å². The van der Waals surface area contributed by atoms with E-state index in [-0.39, 0.29) is 17.7 Å². The molecule has 5 rings (SSSR count). The van der Waals surface area contributed by atoms with E-state index in [1.54, 1.807) is 7.11 Å². The van der Waals surface area contributed by atoms with Gasteiger partial charge in [-0.1, -0.05) is 18.2 Å². The average molecular weight is 370 g/mol. The average Bonchev–Trinajstić information content (AvgIpc) is 2.73. The molecular formula is C21H26N2O4. The van der Waals surface area contributed by atoms with Crippen LogP contribution in [0.15, 0.2) is 36.4 Å². The second-order valence-corrected chi connectivity index (χ2v) is 7.69. The van der Waals surface area contributed by atoms with Crippen LogP contribution in [0, 0.1) is 23.7 Å². The summed E-state index contributed by atoms with van der Waals surface area (Å²) in [6.07, 6.45) is 5.89. The van der Waals surface area contributed by atoms with Crippen LogP contribution in [-0.4, -0.2) is 55.2 Å². The van der Waals surface area contributed by atoms with Gasteiger partial charge in [-0.3, -0.25) is 9.59 Å². The Morgan fingerprint density at radius 2 is 1.70 bits per heavy atom. The van der Waals surface area contributed by atoms with Crippen molar-refractivity contribution < 1.29 is 19.4 Å². The molecule has 4 aliphatic rings. The van der Waals surface area contributed by atoms with Gasteiger partial charge in [-0.25, -0.2) is 0 Å². The molecule has 2 bridgehead atoms. The summed E-state index contributed by atoms with van der Waals surface area (Å²) in [5.74, 6) is -0.902. The highest BCUT2D eigenvalue weighted by Gasteiger charge is 2.49. The van der Waals surface area contributed by atoms with E-state index in [1.807, 2.05) is 35.2 Å². The van der Waals surface area contributed by atoms with Crippen molar-refractivity contribution in [2.75, 3.05) is 38.2 Å². The van der Waals surface area contributed by atoms with Crippen LogP contribution in [0.1, 0.15) is 12.8 Å². The number of carbonyl (C=O) groups is 2. The predicted octanol–water partition coefficient (Wildman–Crippen LogP) is 2.26. The standard InChI is InChI=1S/C21H26N2O4/c1-27-17-4-2-3-16(13-17)22-9-11-23(12-10-22)20(24)18-14-5-7-15(8-6-14)19(18)21(25)26/h2-5,7,13-15,18-19H,6,8-12H2,1H3,(H,25,26)/t14-,15+,18-,19-/m1/s1. The molecule has 1 aromatic rings. The number of anilines is 1. The molecule has 27 heavy (non-hydrogen) atoms. The summed E-state index contributed by atoms with van der Waals surface area (Å²) in [4.78, 5) is 29.1. The predicted molar refractivity (Wildman–Crippen MR) is 102 cm³/mol. The van der Waals surface area contributed by atoms with Gasteiger partial charge in [0.25, 0.3) is 0 Å². The van der Waals surface area contributed by atoms with Crippen LogP contribution < -0.4 is 9.64 Å². The summed E-state index contributed by atoms with van der Waals surface area (Å²) < 4.78 is 5.29. The minimum absolute atomic E-state index is 0.000442. The van der Waals surface area contributed by atoms with E-state index in [4.69, 9.17) is 4.74 Å². The Morgan fingerprint density at radius 3 is 2.30 bits per heavy atom. The minimum atomic E-state index is -0.831. The number of rotatable bonds is 4. The Kier molecular flexibility index (Phi) is 4.81. The maximum absolute atomic E-state index is 13.2. The topological polar surface area (TPSA) is 70.1 Å². The SMILES string of the molecule is COc1cccc(N2CCN(C(=O)[C@H]3[C@H](C(=O)O)[C@H]4C=C[C@@H]3CC4)CC2)c1. The van der Waals surface area contributed by atoms with Gasteiger partial charge >= 0.3 is 5.97 Å². The van der Waals surface area contributed by atoms with Crippen molar-refractivity contribution in [3.8, 4) is 5.75 Å². The van der Waals surface area contributed by atoms with Crippen LogP contribution in [0.3, 0.4) is 0 Å². The highest BCUT2D eigenvalue weighted by molar-refractivity contribution is 5.86. The lowest BCUT2D eigenvalue weighted by molar-refractivity contribution is -0.156. The lowest BCUT2D eigenvalue weighted by atomic mass is 9.62. The van der Waals surface area contributed by atoms with Crippen LogP contribution in [0.2, 0.25) is 0 Å².